The van der Waals surface area contributed by atoms with E-state index in [0.717, 1.165) is 13.1 Å². The van der Waals surface area contributed by atoms with Gasteiger partial charge in [0.15, 0.2) is 0 Å². The first-order chi connectivity index (χ1) is 7.92. The Bertz CT molecular complexity index is 487. The summed E-state index contributed by atoms with van der Waals surface area (Å²) in [6, 6.07) is 15.0. The molecule has 1 aliphatic rings. The second-order valence-electron chi connectivity index (χ2n) is 4.37. The lowest BCUT2D eigenvalue weighted by Crippen LogP contribution is -2.25. The molecule has 0 bridgehead atoms. The number of anilines is 1. The molecule has 1 saturated heterocycles. The Morgan fingerprint density at radius 1 is 0.875 bits per heavy atom. The van der Waals surface area contributed by atoms with Gasteiger partial charge in [-0.2, -0.15) is 0 Å². The molecule has 0 saturated carbocycles. The average molecular weight is 212 g/mol. The van der Waals surface area contributed by atoms with E-state index < -0.39 is 0 Å². The van der Waals surface area contributed by atoms with E-state index >= 15 is 0 Å². The zero-order chi connectivity index (χ0) is 10.8. The predicted octanol–water partition coefficient (Wildman–Crippen LogP) is 3.26. The monoisotopic (exact) mass is 212 g/mol. The van der Waals surface area contributed by atoms with Gasteiger partial charge < -0.3 is 5.43 Å². The fourth-order valence-electron chi connectivity index (χ4n) is 2.27. The Hall–Kier alpha value is -1.54. The molecule has 0 amide bonds. The molecule has 3 rings (SSSR count). The van der Waals surface area contributed by atoms with Crippen LogP contribution in [-0.4, -0.2) is 18.1 Å². The highest BCUT2D eigenvalue weighted by Crippen LogP contribution is 2.20. The maximum absolute atomic E-state index is 3.47. The van der Waals surface area contributed by atoms with Gasteiger partial charge in [-0.1, -0.05) is 30.3 Å². The van der Waals surface area contributed by atoms with Gasteiger partial charge in [-0.05, 0) is 35.7 Å². The summed E-state index contributed by atoms with van der Waals surface area (Å²) in [6.07, 6.45) is 2.61. The van der Waals surface area contributed by atoms with E-state index in [1.807, 2.05) is 0 Å². The largest absolute Gasteiger partial charge is 0.319 e. The molecule has 0 aliphatic carbocycles. The van der Waals surface area contributed by atoms with Crippen LogP contribution in [0.25, 0.3) is 10.8 Å². The van der Waals surface area contributed by atoms with Crippen molar-refractivity contribution in [3.8, 4) is 0 Å². The van der Waals surface area contributed by atoms with Crippen LogP contribution >= 0.6 is 0 Å². The predicted molar refractivity (Wildman–Crippen MR) is 68.4 cm³/mol. The number of fused-ring (bicyclic) bond motifs is 1. The van der Waals surface area contributed by atoms with Gasteiger partial charge in [-0.25, -0.2) is 5.01 Å². The summed E-state index contributed by atoms with van der Waals surface area (Å²) in [7, 11) is 0. The first-order valence-electron chi connectivity index (χ1n) is 5.92. The number of nitrogens with zero attached hydrogens (tertiary/aromatic N) is 1. The molecule has 1 aliphatic heterocycles. The zero-order valence-corrected chi connectivity index (χ0v) is 9.32. The van der Waals surface area contributed by atoms with Gasteiger partial charge in [-0.15, -0.1) is 0 Å². The minimum absolute atomic E-state index is 1.16. The van der Waals surface area contributed by atoms with Crippen molar-refractivity contribution in [3.05, 3.63) is 42.5 Å². The lowest BCUT2D eigenvalue weighted by Gasteiger charge is -2.17. The Balaban J connectivity index is 1.86. The molecule has 0 spiro atoms. The molecular weight excluding hydrogens is 196 g/mol. The van der Waals surface area contributed by atoms with Crippen LogP contribution in [0.4, 0.5) is 5.69 Å². The van der Waals surface area contributed by atoms with E-state index in [1.165, 1.54) is 29.3 Å². The molecule has 1 fully saturated rings. The number of hydrazine groups is 1. The van der Waals surface area contributed by atoms with E-state index in [-0.39, 0.29) is 0 Å². The van der Waals surface area contributed by atoms with E-state index in [4.69, 9.17) is 0 Å². The summed E-state index contributed by atoms with van der Waals surface area (Å²) in [5.74, 6) is 0. The minimum Gasteiger partial charge on any atom is -0.319 e. The zero-order valence-electron chi connectivity index (χ0n) is 9.32. The molecule has 2 aromatic rings. The van der Waals surface area contributed by atoms with Crippen molar-refractivity contribution in [1.82, 2.24) is 5.01 Å². The van der Waals surface area contributed by atoms with Crippen molar-refractivity contribution < 1.29 is 0 Å². The number of rotatable bonds is 2. The Morgan fingerprint density at radius 2 is 1.62 bits per heavy atom. The number of nitrogens with one attached hydrogen (secondary N) is 1. The van der Waals surface area contributed by atoms with Gasteiger partial charge in [0.2, 0.25) is 0 Å². The highest BCUT2D eigenvalue weighted by molar-refractivity contribution is 5.85. The van der Waals surface area contributed by atoms with Gasteiger partial charge in [0.1, 0.15) is 0 Å². The summed E-state index contributed by atoms with van der Waals surface area (Å²) in [4.78, 5) is 0. The third-order valence-electron chi connectivity index (χ3n) is 3.14. The molecule has 2 aromatic carbocycles. The maximum Gasteiger partial charge on any atom is 0.0496 e. The van der Waals surface area contributed by atoms with E-state index in [1.54, 1.807) is 0 Å². The molecule has 1 N–H and O–H groups in total. The van der Waals surface area contributed by atoms with Crippen LogP contribution in [0.1, 0.15) is 12.8 Å². The number of benzene rings is 2. The van der Waals surface area contributed by atoms with Crippen molar-refractivity contribution in [1.29, 1.82) is 0 Å². The van der Waals surface area contributed by atoms with Crippen LogP contribution in [0.2, 0.25) is 0 Å². The van der Waals surface area contributed by atoms with Gasteiger partial charge in [-0.3, -0.25) is 0 Å². The quantitative estimate of drug-likeness (QED) is 0.822. The van der Waals surface area contributed by atoms with Crippen LogP contribution in [-0.2, 0) is 0 Å². The molecule has 0 radical (unpaired) electrons. The molecule has 0 atom stereocenters. The summed E-state index contributed by atoms with van der Waals surface area (Å²) >= 11 is 0. The lowest BCUT2D eigenvalue weighted by atomic mass is 10.1. The van der Waals surface area contributed by atoms with Crippen LogP contribution in [0.3, 0.4) is 0 Å². The fourth-order valence-corrected chi connectivity index (χ4v) is 2.27. The summed E-state index contributed by atoms with van der Waals surface area (Å²) in [5.41, 5.74) is 4.66. The first kappa shape index (κ1) is 9.67. The van der Waals surface area contributed by atoms with E-state index in [2.05, 4.69) is 52.9 Å². The number of hydrogen-bond donors (Lipinski definition) is 1. The smallest absolute Gasteiger partial charge is 0.0496 e. The maximum atomic E-state index is 3.47. The number of hydrogen-bond acceptors (Lipinski definition) is 2. The third kappa shape index (κ3) is 1.89. The Labute approximate surface area is 95.8 Å². The highest BCUT2D eigenvalue weighted by atomic mass is 15.5. The van der Waals surface area contributed by atoms with E-state index in [9.17, 15) is 0 Å². The van der Waals surface area contributed by atoms with E-state index in [0.29, 0.717) is 0 Å². The van der Waals surface area contributed by atoms with Crippen LogP contribution in [0.15, 0.2) is 42.5 Å². The van der Waals surface area contributed by atoms with Crippen LogP contribution in [0, 0.1) is 0 Å². The standard InChI is InChI=1S/C14H16N2/c1-2-6-13-11-14(8-7-12(13)5-1)15-16-9-3-4-10-16/h1-2,5-8,11,15H,3-4,9-10H2. The molecule has 2 nitrogen and oxygen atoms in total. The Morgan fingerprint density at radius 3 is 2.44 bits per heavy atom. The van der Waals surface area contributed by atoms with Gasteiger partial charge in [0, 0.05) is 18.8 Å². The normalized spacial score (nSPS) is 16.8. The second kappa shape index (κ2) is 4.14. The molecule has 16 heavy (non-hydrogen) atoms. The summed E-state index contributed by atoms with van der Waals surface area (Å²) in [5, 5.41) is 4.89. The summed E-state index contributed by atoms with van der Waals surface area (Å²) in [6.45, 7) is 2.32. The minimum atomic E-state index is 1.16. The molecular formula is C14H16N2. The molecule has 82 valence electrons. The SMILES string of the molecule is c1ccc2cc(NN3CCCC3)ccc2c1. The van der Waals surface area contributed by atoms with Crippen LogP contribution < -0.4 is 5.43 Å². The summed E-state index contributed by atoms with van der Waals surface area (Å²) < 4.78 is 0. The lowest BCUT2D eigenvalue weighted by molar-refractivity contribution is 0.410. The van der Waals surface area contributed by atoms with Crippen molar-refractivity contribution in [2.45, 2.75) is 12.8 Å². The topological polar surface area (TPSA) is 15.3 Å². The van der Waals surface area contributed by atoms with Crippen molar-refractivity contribution in [2.75, 3.05) is 18.5 Å². The van der Waals surface area contributed by atoms with Crippen molar-refractivity contribution in [3.63, 3.8) is 0 Å². The first-order valence-corrected chi connectivity index (χ1v) is 5.92. The fraction of sp³-hybridized carbons (Fsp3) is 0.286. The molecule has 1 heterocycles. The van der Waals surface area contributed by atoms with Gasteiger partial charge in [0.05, 0.1) is 0 Å². The Kier molecular flexibility index (Phi) is 2.50. The second-order valence-corrected chi connectivity index (χ2v) is 4.37. The molecule has 0 unspecified atom stereocenters. The van der Waals surface area contributed by atoms with Gasteiger partial charge in [0.25, 0.3) is 0 Å². The van der Waals surface area contributed by atoms with Crippen molar-refractivity contribution in [2.24, 2.45) is 0 Å². The van der Waals surface area contributed by atoms with Gasteiger partial charge >= 0.3 is 0 Å². The average Bonchev–Trinajstić information content (AvgIpc) is 2.82. The molecule has 2 heteroatoms. The highest BCUT2D eigenvalue weighted by Gasteiger charge is 2.10. The van der Waals surface area contributed by atoms with Crippen molar-refractivity contribution >= 4 is 16.5 Å². The molecule has 0 aromatic heterocycles. The third-order valence-corrected chi connectivity index (χ3v) is 3.14. The van der Waals surface area contributed by atoms with Crippen LogP contribution in [0.5, 0.6) is 0 Å².